The monoisotopic (exact) mass is 192 g/mol. The number of benzene rings is 1. The summed E-state index contributed by atoms with van der Waals surface area (Å²) in [6.45, 7) is 1.31. The standard InChI is InChI=1S/C10H8O2S/c1-2-9-7(3-6-13-9)10-8(1)11-4-5-12-10/h1-3,6H,4-5H2. The molecule has 1 aromatic heterocycles. The predicted molar refractivity (Wildman–Crippen MR) is 52.8 cm³/mol. The van der Waals surface area contributed by atoms with Gasteiger partial charge in [0, 0.05) is 10.1 Å². The Bertz CT molecular complexity index is 447. The molecule has 2 aromatic rings. The van der Waals surface area contributed by atoms with Gasteiger partial charge < -0.3 is 9.47 Å². The van der Waals surface area contributed by atoms with Crippen LogP contribution in [0.3, 0.4) is 0 Å². The van der Waals surface area contributed by atoms with Crippen LogP contribution in [0.4, 0.5) is 0 Å². The van der Waals surface area contributed by atoms with E-state index in [9.17, 15) is 0 Å². The highest BCUT2D eigenvalue weighted by Crippen LogP contribution is 2.39. The van der Waals surface area contributed by atoms with Crippen molar-refractivity contribution >= 4 is 21.4 Å². The molecule has 2 heterocycles. The van der Waals surface area contributed by atoms with E-state index in [-0.39, 0.29) is 0 Å². The van der Waals surface area contributed by atoms with Crippen LogP contribution in [0.1, 0.15) is 0 Å². The molecule has 0 bridgehead atoms. The molecule has 3 rings (SSSR count). The molecule has 2 nitrogen and oxygen atoms in total. The van der Waals surface area contributed by atoms with Crippen molar-refractivity contribution in [2.24, 2.45) is 0 Å². The topological polar surface area (TPSA) is 18.5 Å². The first-order valence-corrected chi connectivity index (χ1v) is 5.09. The average molecular weight is 192 g/mol. The lowest BCUT2D eigenvalue weighted by Gasteiger charge is -2.18. The highest BCUT2D eigenvalue weighted by Gasteiger charge is 2.14. The highest BCUT2D eigenvalue weighted by molar-refractivity contribution is 7.17. The molecule has 13 heavy (non-hydrogen) atoms. The van der Waals surface area contributed by atoms with Gasteiger partial charge in [-0.3, -0.25) is 0 Å². The summed E-state index contributed by atoms with van der Waals surface area (Å²) < 4.78 is 12.3. The van der Waals surface area contributed by atoms with E-state index in [4.69, 9.17) is 9.47 Å². The highest BCUT2D eigenvalue weighted by atomic mass is 32.1. The Hall–Kier alpha value is -1.22. The summed E-state index contributed by atoms with van der Waals surface area (Å²) in [4.78, 5) is 0. The third kappa shape index (κ3) is 1.00. The van der Waals surface area contributed by atoms with Crippen LogP contribution in [0.15, 0.2) is 23.6 Å². The Labute approximate surface area is 79.7 Å². The maximum atomic E-state index is 5.58. The number of ether oxygens (including phenoxy) is 2. The van der Waals surface area contributed by atoms with Crippen molar-refractivity contribution in [2.45, 2.75) is 0 Å². The van der Waals surface area contributed by atoms with E-state index >= 15 is 0 Å². The Morgan fingerprint density at radius 1 is 1.08 bits per heavy atom. The fourth-order valence-electron chi connectivity index (χ4n) is 1.56. The molecule has 1 aliphatic heterocycles. The molecule has 66 valence electrons. The number of thiophene rings is 1. The van der Waals surface area contributed by atoms with Gasteiger partial charge in [0.1, 0.15) is 13.2 Å². The normalized spacial score (nSPS) is 14.8. The largest absolute Gasteiger partial charge is 0.486 e. The van der Waals surface area contributed by atoms with E-state index < -0.39 is 0 Å². The fourth-order valence-corrected chi connectivity index (χ4v) is 2.34. The van der Waals surface area contributed by atoms with Crippen LogP contribution in [-0.4, -0.2) is 13.2 Å². The van der Waals surface area contributed by atoms with E-state index in [1.165, 1.54) is 10.1 Å². The van der Waals surface area contributed by atoms with Gasteiger partial charge in [0.25, 0.3) is 0 Å². The van der Waals surface area contributed by atoms with E-state index in [1.807, 2.05) is 6.07 Å². The average Bonchev–Trinajstić information content (AvgIpc) is 2.65. The van der Waals surface area contributed by atoms with Gasteiger partial charge in [0.05, 0.1) is 0 Å². The molecule has 0 N–H and O–H groups in total. The molecule has 0 atom stereocenters. The first-order chi connectivity index (χ1) is 6.45. The third-order valence-electron chi connectivity index (χ3n) is 2.14. The zero-order valence-corrected chi connectivity index (χ0v) is 7.76. The van der Waals surface area contributed by atoms with Crippen LogP contribution in [0, 0.1) is 0 Å². The first kappa shape index (κ1) is 7.21. The zero-order valence-electron chi connectivity index (χ0n) is 6.95. The quantitative estimate of drug-likeness (QED) is 0.639. The van der Waals surface area contributed by atoms with Crippen molar-refractivity contribution in [2.75, 3.05) is 13.2 Å². The smallest absolute Gasteiger partial charge is 0.170 e. The SMILES string of the molecule is c1cc2c3c(ccc2s1)OCCO3. The molecule has 3 heteroatoms. The lowest BCUT2D eigenvalue weighted by molar-refractivity contribution is 0.174. The van der Waals surface area contributed by atoms with Crippen LogP contribution in [-0.2, 0) is 0 Å². The van der Waals surface area contributed by atoms with Crippen molar-refractivity contribution < 1.29 is 9.47 Å². The Balaban J connectivity index is 2.34. The molecule has 0 amide bonds. The van der Waals surface area contributed by atoms with E-state index in [1.54, 1.807) is 11.3 Å². The number of hydrogen-bond donors (Lipinski definition) is 0. The fraction of sp³-hybridized carbons (Fsp3) is 0.200. The lowest BCUT2D eigenvalue weighted by Crippen LogP contribution is -2.15. The van der Waals surface area contributed by atoms with Crippen LogP contribution in [0.2, 0.25) is 0 Å². The molecule has 0 spiro atoms. The predicted octanol–water partition coefficient (Wildman–Crippen LogP) is 2.67. The van der Waals surface area contributed by atoms with Crippen molar-refractivity contribution in [3.05, 3.63) is 23.6 Å². The summed E-state index contributed by atoms with van der Waals surface area (Å²) in [6.07, 6.45) is 0. The summed E-state index contributed by atoms with van der Waals surface area (Å²) in [5.41, 5.74) is 0. The second-order valence-electron chi connectivity index (χ2n) is 2.92. The second kappa shape index (κ2) is 2.64. The van der Waals surface area contributed by atoms with Crippen LogP contribution >= 0.6 is 11.3 Å². The Kier molecular flexibility index (Phi) is 1.46. The number of rotatable bonds is 0. The van der Waals surface area contributed by atoms with E-state index in [2.05, 4.69) is 17.5 Å². The second-order valence-corrected chi connectivity index (χ2v) is 3.87. The first-order valence-electron chi connectivity index (χ1n) is 4.21. The van der Waals surface area contributed by atoms with Crippen LogP contribution in [0.25, 0.3) is 10.1 Å². The summed E-state index contributed by atoms with van der Waals surface area (Å²) >= 11 is 1.72. The van der Waals surface area contributed by atoms with Gasteiger partial charge in [0.2, 0.25) is 0 Å². The third-order valence-corrected chi connectivity index (χ3v) is 3.02. The Morgan fingerprint density at radius 3 is 3.00 bits per heavy atom. The molecule has 1 aliphatic rings. The van der Waals surface area contributed by atoms with Crippen molar-refractivity contribution in [3.8, 4) is 11.5 Å². The van der Waals surface area contributed by atoms with E-state index in [0.717, 1.165) is 11.5 Å². The Morgan fingerprint density at radius 2 is 2.00 bits per heavy atom. The van der Waals surface area contributed by atoms with Gasteiger partial charge in [0.15, 0.2) is 11.5 Å². The van der Waals surface area contributed by atoms with Gasteiger partial charge >= 0.3 is 0 Å². The van der Waals surface area contributed by atoms with Gasteiger partial charge in [-0.1, -0.05) is 0 Å². The minimum absolute atomic E-state index is 0.655. The molecule has 0 unspecified atom stereocenters. The van der Waals surface area contributed by atoms with Crippen molar-refractivity contribution in [1.29, 1.82) is 0 Å². The maximum Gasteiger partial charge on any atom is 0.170 e. The molecular weight excluding hydrogens is 184 g/mol. The van der Waals surface area contributed by atoms with Gasteiger partial charge in [-0.25, -0.2) is 0 Å². The summed E-state index contributed by atoms with van der Waals surface area (Å²) in [7, 11) is 0. The molecular formula is C10H8O2S. The van der Waals surface area contributed by atoms with Crippen LogP contribution in [0.5, 0.6) is 11.5 Å². The summed E-state index contributed by atoms with van der Waals surface area (Å²) in [5, 5.41) is 3.24. The zero-order chi connectivity index (χ0) is 8.67. The van der Waals surface area contributed by atoms with Gasteiger partial charge in [-0.05, 0) is 23.6 Å². The summed E-state index contributed by atoms with van der Waals surface area (Å²) in [6, 6.07) is 6.13. The summed E-state index contributed by atoms with van der Waals surface area (Å²) in [5.74, 6) is 1.78. The van der Waals surface area contributed by atoms with Crippen molar-refractivity contribution in [3.63, 3.8) is 0 Å². The molecule has 0 aliphatic carbocycles. The number of fused-ring (bicyclic) bond motifs is 3. The van der Waals surface area contributed by atoms with Crippen LogP contribution < -0.4 is 9.47 Å². The van der Waals surface area contributed by atoms with Crippen molar-refractivity contribution in [1.82, 2.24) is 0 Å². The number of hydrogen-bond acceptors (Lipinski definition) is 3. The lowest BCUT2D eigenvalue weighted by atomic mass is 10.2. The van der Waals surface area contributed by atoms with Gasteiger partial charge in [-0.15, -0.1) is 11.3 Å². The van der Waals surface area contributed by atoms with Gasteiger partial charge in [-0.2, -0.15) is 0 Å². The molecule has 0 saturated carbocycles. The molecule has 0 radical (unpaired) electrons. The minimum Gasteiger partial charge on any atom is -0.486 e. The molecule has 0 fully saturated rings. The molecule has 1 aromatic carbocycles. The minimum atomic E-state index is 0.655. The maximum absolute atomic E-state index is 5.58. The van der Waals surface area contributed by atoms with E-state index in [0.29, 0.717) is 13.2 Å². The molecule has 0 saturated heterocycles.